The molecule has 35 heavy (non-hydrogen) atoms. The molecule has 5 nitrogen and oxygen atoms in total. The molecule has 3 aliphatic rings. The third-order valence-corrected chi connectivity index (χ3v) is 7.69. The number of fused-ring (bicyclic) bond motifs is 5. The molecule has 3 heterocycles. The Labute approximate surface area is 205 Å². The maximum absolute atomic E-state index is 6.61. The topological polar surface area (TPSA) is 68.8 Å². The molecule has 172 valence electrons. The van der Waals surface area contributed by atoms with Gasteiger partial charge < -0.3 is 11.1 Å². The summed E-state index contributed by atoms with van der Waals surface area (Å²) in [5.74, 6) is 1.97. The molecular formula is C30H27N5. The van der Waals surface area contributed by atoms with E-state index in [1.54, 1.807) is 0 Å². The zero-order valence-electron chi connectivity index (χ0n) is 19.4. The number of benzene rings is 2. The van der Waals surface area contributed by atoms with Gasteiger partial charge in [0.2, 0.25) is 0 Å². The standard InChI is InChI=1S/C30H27N5/c31-30(17-7-18-30)22-15-13-20(14-16-22)26-27(21-8-2-1-3-9-21)35-25-12-6-19-32-28(25)33-24-11-5-4-10-23(24)29(35)34-26/h1-6,8-16,19,23-24H,7,17-18,31H2,(H,32,33). The Morgan fingerprint density at radius 3 is 2.46 bits per heavy atom. The molecule has 2 atom stereocenters. The van der Waals surface area contributed by atoms with Gasteiger partial charge in [0.05, 0.1) is 29.0 Å². The number of nitrogens with one attached hydrogen (secondary N) is 1. The fraction of sp³-hybridized carbons (Fsp3) is 0.200. The monoisotopic (exact) mass is 457 g/mol. The summed E-state index contributed by atoms with van der Waals surface area (Å²) in [6.45, 7) is 0. The van der Waals surface area contributed by atoms with Gasteiger partial charge >= 0.3 is 0 Å². The van der Waals surface area contributed by atoms with Crippen LogP contribution in [0.25, 0.3) is 28.2 Å². The summed E-state index contributed by atoms with van der Waals surface area (Å²) in [5, 5.41) is 3.65. The second-order valence-corrected chi connectivity index (χ2v) is 9.79. The number of aromatic nitrogens is 3. The average molecular weight is 458 g/mol. The number of imidazole rings is 1. The number of nitrogens with two attached hydrogens (primary N) is 1. The van der Waals surface area contributed by atoms with Crippen molar-refractivity contribution in [1.82, 2.24) is 14.5 Å². The zero-order chi connectivity index (χ0) is 23.4. The molecule has 2 aromatic carbocycles. The van der Waals surface area contributed by atoms with Gasteiger partial charge in [-0.25, -0.2) is 9.97 Å². The van der Waals surface area contributed by atoms with E-state index in [1.165, 1.54) is 12.0 Å². The van der Waals surface area contributed by atoms with Gasteiger partial charge in [0.25, 0.3) is 0 Å². The van der Waals surface area contributed by atoms with Gasteiger partial charge in [-0.2, -0.15) is 0 Å². The van der Waals surface area contributed by atoms with Gasteiger partial charge in [-0.1, -0.05) is 78.9 Å². The minimum atomic E-state index is -0.172. The van der Waals surface area contributed by atoms with Crippen LogP contribution in [-0.4, -0.2) is 20.6 Å². The highest BCUT2D eigenvalue weighted by molar-refractivity contribution is 5.82. The van der Waals surface area contributed by atoms with Crippen molar-refractivity contribution in [3.05, 3.63) is 109 Å². The lowest BCUT2D eigenvalue weighted by molar-refractivity contribution is 0.253. The second kappa shape index (κ2) is 7.79. The molecule has 3 N–H and O–H groups in total. The second-order valence-electron chi connectivity index (χ2n) is 9.79. The fourth-order valence-electron chi connectivity index (χ4n) is 5.61. The van der Waals surface area contributed by atoms with Crippen molar-refractivity contribution in [1.29, 1.82) is 0 Å². The van der Waals surface area contributed by atoms with E-state index in [2.05, 4.69) is 94.9 Å². The molecule has 0 bridgehead atoms. The van der Waals surface area contributed by atoms with E-state index in [4.69, 9.17) is 15.7 Å². The molecule has 7 rings (SSSR count). The lowest BCUT2D eigenvalue weighted by Gasteiger charge is -2.38. The minimum absolute atomic E-state index is 0.0897. The smallest absolute Gasteiger partial charge is 0.150 e. The van der Waals surface area contributed by atoms with Crippen molar-refractivity contribution in [3.63, 3.8) is 0 Å². The maximum Gasteiger partial charge on any atom is 0.150 e. The number of hydrogen-bond acceptors (Lipinski definition) is 4. The molecule has 5 heteroatoms. The van der Waals surface area contributed by atoms with Crippen LogP contribution < -0.4 is 11.1 Å². The Kier molecular flexibility index (Phi) is 4.54. The first-order valence-electron chi connectivity index (χ1n) is 12.4. The van der Waals surface area contributed by atoms with Gasteiger partial charge in [0.15, 0.2) is 5.82 Å². The van der Waals surface area contributed by atoms with E-state index in [1.807, 2.05) is 12.3 Å². The van der Waals surface area contributed by atoms with E-state index in [0.717, 1.165) is 52.7 Å². The highest BCUT2D eigenvalue weighted by Crippen LogP contribution is 2.44. The third kappa shape index (κ3) is 3.19. The molecular weight excluding hydrogens is 430 g/mol. The first kappa shape index (κ1) is 20.4. The molecule has 2 aliphatic carbocycles. The first-order valence-corrected chi connectivity index (χ1v) is 12.4. The summed E-state index contributed by atoms with van der Waals surface area (Å²) in [4.78, 5) is 10.1. The molecule has 0 spiro atoms. The van der Waals surface area contributed by atoms with E-state index < -0.39 is 0 Å². The summed E-state index contributed by atoms with van der Waals surface area (Å²) >= 11 is 0. The number of hydrogen-bond donors (Lipinski definition) is 2. The van der Waals surface area contributed by atoms with Gasteiger partial charge in [0, 0.05) is 22.9 Å². The number of nitrogens with zero attached hydrogens (tertiary/aromatic N) is 3. The largest absolute Gasteiger partial charge is 0.361 e. The van der Waals surface area contributed by atoms with E-state index in [9.17, 15) is 0 Å². The molecule has 4 aromatic rings. The molecule has 1 aliphatic heterocycles. The van der Waals surface area contributed by atoms with Gasteiger partial charge in [-0.05, 0) is 37.0 Å². The van der Waals surface area contributed by atoms with Crippen molar-refractivity contribution in [3.8, 4) is 28.2 Å². The van der Waals surface area contributed by atoms with Crippen molar-refractivity contribution in [2.24, 2.45) is 5.73 Å². The Morgan fingerprint density at radius 2 is 1.69 bits per heavy atom. The van der Waals surface area contributed by atoms with Crippen LogP contribution in [0.3, 0.4) is 0 Å². The lowest BCUT2D eigenvalue weighted by atomic mass is 9.72. The van der Waals surface area contributed by atoms with Crippen LogP contribution in [0, 0.1) is 0 Å². The minimum Gasteiger partial charge on any atom is -0.361 e. The molecule has 1 saturated carbocycles. The first-order chi connectivity index (χ1) is 17.2. The number of anilines is 1. The lowest BCUT2D eigenvalue weighted by Crippen LogP contribution is -2.43. The normalized spacial score (nSPS) is 21.2. The zero-order valence-corrected chi connectivity index (χ0v) is 19.4. The van der Waals surface area contributed by atoms with Crippen LogP contribution in [0.15, 0.2) is 97.2 Å². The molecule has 1 fully saturated rings. The SMILES string of the molecule is NC1(c2ccc(-c3nc4n(c3-c3ccccc3)-c3cccnc3NC3C=CC=CC43)cc2)CCC1. The van der Waals surface area contributed by atoms with Crippen LogP contribution in [0.2, 0.25) is 0 Å². The Morgan fingerprint density at radius 1 is 0.886 bits per heavy atom. The Bertz CT molecular complexity index is 1460. The molecule has 0 amide bonds. The van der Waals surface area contributed by atoms with E-state index >= 15 is 0 Å². The number of allylic oxidation sites excluding steroid dienone is 2. The van der Waals surface area contributed by atoms with Crippen molar-refractivity contribution >= 4 is 5.82 Å². The molecule has 2 unspecified atom stereocenters. The highest BCUT2D eigenvalue weighted by Gasteiger charge is 2.36. The van der Waals surface area contributed by atoms with Gasteiger partial charge in [0.1, 0.15) is 5.82 Å². The van der Waals surface area contributed by atoms with Crippen LogP contribution in [0.5, 0.6) is 0 Å². The maximum atomic E-state index is 6.61. The third-order valence-electron chi connectivity index (χ3n) is 7.69. The van der Waals surface area contributed by atoms with Gasteiger partial charge in [-0.3, -0.25) is 4.57 Å². The average Bonchev–Trinajstić information content (AvgIpc) is 3.22. The van der Waals surface area contributed by atoms with Crippen molar-refractivity contribution < 1.29 is 0 Å². The predicted molar refractivity (Wildman–Crippen MR) is 140 cm³/mol. The van der Waals surface area contributed by atoms with Crippen LogP contribution in [0.4, 0.5) is 5.82 Å². The predicted octanol–water partition coefficient (Wildman–Crippen LogP) is 5.94. The summed E-state index contributed by atoms with van der Waals surface area (Å²) in [5.41, 5.74) is 13.0. The number of pyridine rings is 1. The highest BCUT2D eigenvalue weighted by atomic mass is 15.2. The quantitative estimate of drug-likeness (QED) is 0.399. The number of rotatable bonds is 3. The molecule has 0 radical (unpaired) electrons. The Balaban J connectivity index is 1.48. The molecule has 2 aromatic heterocycles. The van der Waals surface area contributed by atoms with E-state index in [0.29, 0.717) is 0 Å². The van der Waals surface area contributed by atoms with Crippen LogP contribution in [0.1, 0.15) is 36.6 Å². The van der Waals surface area contributed by atoms with E-state index in [-0.39, 0.29) is 17.5 Å². The van der Waals surface area contributed by atoms with Crippen LogP contribution >= 0.6 is 0 Å². The molecule has 0 saturated heterocycles. The summed E-state index contributed by atoms with van der Waals surface area (Å²) in [6, 6.07) is 23.5. The summed E-state index contributed by atoms with van der Waals surface area (Å²) in [7, 11) is 0. The van der Waals surface area contributed by atoms with Crippen molar-refractivity contribution in [2.75, 3.05) is 5.32 Å². The van der Waals surface area contributed by atoms with Crippen molar-refractivity contribution in [2.45, 2.75) is 36.8 Å². The van der Waals surface area contributed by atoms with Crippen LogP contribution in [-0.2, 0) is 5.54 Å². The summed E-state index contributed by atoms with van der Waals surface area (Å²) in [6.07, 6.45) is 13.8. The summed E-state index contributed by atoms with van der Waals surface area (Å²) < 4.78 is 2.30. The van der Waals surface area contributed by atoms with Gasteiger partial charge in [-0.15, -0.1) is 0 Å². The fourth-order valence-corrected chi connectivity index (χ4v) is 5.61. The Hall–Kier alpha value is -3.96.